The van der Waals surface area contributed by atoms with Gasteiger partial charge in [0.2, 0.25) is 0 Å². The summed E-state index contributed by atoms with van der Waals surface area (Å²) >= 11 is 0. The molecule has 6 nitrogen and oxygen atoms in total. The van der Waals surface area contributed by atoms with Crippen molar-refractivity contribution in [3.8, 4) is 0 Å². The smallest absolute Gasteiger partial charge is 0.350 e. The molecule has 0 radical (unpaired) electrons. The van der Waals surface area contributed by atoms with Crippen molar-refractivity contribution < 1.29 is 26.6 Å². The van der Waals surface area contributed by atoms with Gasteiger partial charge >= 0.3 is 25.7 Å². The van der Waals surface area contributed by atoms with Crippen LogP contribution >= 0.6 is 0 Å². The van der Waals surface area contributed by atoms with Crippen molar-refractivity contribution in [3.63, 3.8) is 0 Å². The normalized spacial score (nSPS) is 30.8. The highest BCUT2D eigenvalue weighted by Crippen LogP contribution is 2.45. The van der Waals surface area contributed by atoms with Crippen LogP contribution in [-0.2, 0) is 26.6 Å². The van der Waals surface area contributed by atoms with Gasteiger partial charge in [-0.05, 0) is 101 Å². The Hall–Kier alpha value is 0.411. The van der Waals surface area contributed by atoms with Gasteiger partial charge in [-0.1, -0.05) is 40.0 Å². The van der Waals surface area contributed by atoms with Gasteiger partial charge in [0.1, 0.15) is 0 Å². The fourth-order valence-electron chi connectivity index (χ4n) is 5.26. The van der Waals surface area contributed by atoms with E-state index in [9.17, 15) is 0 Å². The van der Waals surface area contributed by atoms with Gasteiger partial charge in [-0.2, -0.15) is 0 Å². The van der Waals surface area contributed by atoms with E-state index in [0.29, 0.717) is 0 Å². The van der Waals surface area contributed by atoms with Crippen molar-refractivity contribution in [1.29, 1.82) is 0 Å². The van der Waals surface area contributed by atoms with Crippen LogP contribution in [0.5, 0.6) is 0 Å². The van der Waals surface area contributed by atoms with Crippen LogP contribution < -0.4 is 0 Å². The summed E-state index contributed by atoms with van der Waals surface area (Å²) in [5.74, 6) is 0. The largest absolute Gasteiger partial charge is 0.412 e. The molecule has 9 heteroatoms. The second-order valence-corrected chi connectivity index (χ2v) is 24.9. The Morgan fingerprint density at radius 2 is 0.667 bits per heavy atom. The molecule has 36 heavy (non-hydrogen) atoms. The Morgan fingerprint density at radius 1 is 0.472 bits per heavy atom. The lowest BCUT2D eigenvalue weighted by Crippen LogP contribution is -2.79. The van der Waals surface area contributed by atoms with Gasteiger partial charge < -0.3 is 26.6 Å². The second-order valence-electron chi connectivity index (χ2n) is 13.6. The Morgan fingerprint density at radius 3 is 0.806 bits per heavy atom. The molecule has 1 saturated heterocycles. The average molecular weight is 565 g/mol. The van der Waals surface area contributed by atoms with Gasteiger partial charge in [-0.25, -0.2) is 0 Å². The SMILES string of the molecule is CCC[Si]1(C(C)OC(C)(C)C)O[Si](CCC)(C(C)OC(C)(C)C)O[Si](CCC)(C(C)OC(C)(C)C)O1. The highest BCUT2D eigenvalue weighted by molar-refractivity contribution is 6.95. The average Bonchev–Trinajstić information content (AvgIpc) is 2.64. The van der Waals surface area contributed by atoms with E-state index in [-0.39, 0.29) is 34.0 Å². The standard InChI is InChI=1S/C27H60O6Si3/c1-16-19-34(22(4)28-25(7,8)9)31-35(20-17-2,23(5)29-26(10,11)12)33-36(32-34,21-18-3)24(6)30-27(13,14)15/h22-24H,16-21H2,1-15H3. The Labute approximate surface area is 227 Å². The van der Waals surface area contributed by atoms with E-state index < -0.39 is 25.7 Å². The first-order chi connectivity index (χ1) is 16.2. The van der Waals surface area contributed by atoms with Crippen LogP contribution in [-0.4, -0.2) is 59.7 Å². The summed E-state index contributed by atoms with van der Waals surface area (Å²) in [6.07, 6.45) is 2.92. The van der Waals surface area contributed by atoms with E-state index in [1.807, 2.05) is 0 Å². The lowest BCUT2D eigenvalue weighted by atomic mass is 10.2. The minimum Gasteiger partial charge on any atom is -0.412 e. The Balaban J connectivity index is 3.86. The third-order valence-corrected chi connectivity index (χ3v) is 22.2. The lowest BCUT2D eigenvalue weighted by molar-refractivity contribution is -0.0618. The maximum Gasteiger partial charge on any atom is 0.350 e. The number of hydrogen-bond acceptors (Lipinski definition) is 6. The molecule has 3 atom stereocenters. The third kappa shape index (κ3) is 9.55. The summed E-state index contributed by atoms with van der Waals surface area (Å²) in [4.78, 5) is 0. The van der Waals surface area contributed by atoms with Crippen LogP contribution in [0.15, 0.2) is 0 Å². The molecule has 0 aliphatic carbocycles. The molecule has 0 amide bonds. The summed E-state index contributed by atoms with van der Waals surface area (Å²) < 4.78 is 42.2. The Kier molecular flexibility index (Phi) is 12.2. The fraction of sp³-hybridized carbons (Fsp3) is 1.00. The summed E-state index contributed by atoms with van der Waals surface area (Å²) in [5, 5.41) is 0. The predicted octanol–water partition coefficient (Wildman–Crippen LogP) is 7.83. The maximum absolute atomic E-state index is 7.40. The van der Waals surface area contributed by atoms with Gasteiger partial charge in [-0.15, -0.1) is 0 Å². The zero-order valence-electron chi connectivity index (χ0n) is 26.4. The minimum absolute atomic E-state index is 0.141. The molecule has 0 bridgehead atoms. The molecule has 1 aliphatic heterocycles. The quantitative estimate of drug-likeness (QED) is 0.225. The minimum atomic E-state index is -2.90. The molecule has 0 spiro atoms. The van der Waals surface area contributed by atoms with Crippen LogP contribution in [0.25, 0.3) is 0 Å². The van der Waals surface area contributed by atoms with Crippen molar-refractivity contribution in [2.75, 3.05) is 0 Å². The molecule has 1 rings (SSSR count). The van der Waals surface area contributed by atoms with E-state index in [4.69, 9.17) is 26.6 Å². The Bertz CT molecular complexity index is 572. The zero-order valence-corrected chi connectivity index (χ0v) is 29.4. The summed E-state index contributed by atoms with van der Waals surface area (Å²) in [6, 6.07) is 2.61. The lowest BCUT2D eigenvalue weighted by Gasteiger charge is -2.58. The van der Waals surface area contributed by atoms with Crippen LogP contribution in [0.4, 0.5) is 0 Å². The maximum atomic E-state index is 7.40. The van der Waals surface area contributed by atoms with Crippen molar-refractivity contribution in [2.45, 2.75) is 175 Å². The summed E-state index contributed by atoms with van der Waals surface area (Å²) in [6.45, 7) is 32.2. The monoisotopic (exact) mass is 564 g/mol. The molecule has 0 N–H and O–H groups in total. The van der Waals surface area contributed by atoms with Crippen molar-refractivity contribution in [2.24, 2.45) is 0 Å². The van der Waals surface area contributed by atoms with E-state index in [1.165, 1.54) is 0 Å². The topological polar surface area (TPSA) is 55.4 Å². The van der Waals surface area contributed by atoms with Gasteiger partial charge in [0.15, 0.2) is 0 Å². The molecule has 1 heterocycles. The second kappa shape index (κ2) is 12.7. The number of rotatable bonds is 12. The van der Waals surface area contributed by atoms with E-state index in [0.717, 1.165) is 37.4 Å². The molecule has 0 aromatic carbocycles. The molecule has 216 valence electrons. The number of ether oxygens (including phenoxy) is 3. The summed E-state index contributed by atoms with van der Waals surface area (Å²) in [5.41, 5.74) is -1.33. The van der Waals surface area contributed by atoms with Gasteiger partial charge in [-0.3, -0.25) is 0 Å². The van der Waals surface area contributed by atoms with Crippen molar-refractivity contribution in [1.82, 2.24) is 0 Å². The molecular weight excluding hydrogens is 505 g/mol. The predicted molar refractivity (Wildman–Crippen MR) is 157 cm³/mol. The number of hydrogen-bond donors (Lipinski definition) is 0. The van der Waals surface area contributed by atoms with Gasteiger partial charge in [0, 0.05) is 0 Å². The molecule has 0 saturated carbocycles. The highest BCUT2D eigenvalue weighted by atomic mass is 28.5. The van der Waals surface area contributed by atoms with Crippen molar-refractivity contribution >= 4 is 25.7 Å². The molecule has 1 fully saturated rings. The molecule has 0 aromatic heterocycles. The first kappa shape index (κ1) is 34.4. The first-order valence-corrected chi connectivity index (χ1v) is 20.6. The fourth-order valence-corrected chi connectivity index (χ4v) is 25.2. The van der Waals surface area contributed by atoms with E-state index >= 15 is 0 Å². The van der Waals surface area contributed by atoms with Crippen LogP contribution in [0.2, 0.25) is 18.1 Å². The van der Waals surface area contributed by atoms with Crippen LogP contribution in [0, 0.1) is 0 Å². The van der Waals surface area contributed by atoms with Crippen LogP contribution in [0.1, 0.15) is 123 Å². The van der Waals surface area contributed by atoms with Crippen LogP contribution in [0.3, 0.4) is 0 Å². The molecule has 3 unspecified atom stereocenters. The van der Waals surface area contributed by atoms with Crippen molar-refractivity contribution in [3.05, 3.63) is 0 Å². The third-order valence-electron chi connectivity index (χ3n) is 6.28. The van der Waals surface area contributed by atoms with Gasteiger partial charge in [0.05, 0.1) is 34.0 Å². The first-order valence-electron chi connectivity index (χ1n) is 14.3. The molecule has 1 aliphatic rings. The molecular formula is C27H60O6Si3. The summed E-state index contributed by atoms with van der Waals surface area (Å²) in [7, 11) is -8.70. The van der Waals surface area contributed by atoms with Gasteiger partial charge in [0.25, 0.3) is 0 Å². The highest BCUT2D eigenvalue weighted by Gasteiger charge is 2.68. The zero-order chi connectivity index (χ0) is 28.2. The molecule has 0 aromatic rings. The van der Waals surface area contributed by atoms with E-state index in [2.05, 4.69) is 104 Å². The van der Waals surface area contributed by atoms with E-state index in [1.54, 1.807) is 0 Å².